The zero-order valence-electron chi connectivity index (χ0n) is 20.9. The maximum atomic E-state index is 14.0. The van der Waals surface area contributed by atoms with Crippen LogP contribution in [0.15, 0.2) is 71.5 Å². The molecule has 0 atom stereocenters. The first-order valence-electron chi connectivity index (χ1n) is 11.6. The van der Waals surface area contributed by atoms with Gasteiger partial charge in [0.2, 0.25) is 0 Å². The highest BCUT2D eigenvalue weighted by atomic mass is 35.5. The molecular weight excluding hydrogens is 488 g/mol. The number of ether oxygens (including phenoxy) is 3. The zero-order chi connectivity index (χ0) is 26.1. The van der Waals surface area contributed by atoms with Crippen LogP contribution < -0.4 is 19.8 Å². The lowest BCUT2D eigenvalue weighted by atomic mass is 10.1. The number of nitrogens with zero attached hydrogens (tertiary/aromatic N) is 2. The molecular formula is C30H25ClN2O4. The van der Waals surface area contributed by atoms with E-state index in [9.17, 15) is 4.79 Å². The van der Waals surface area contributed by atoms with Gasteiger partial charge in [0.25, 0.3) is 5.56 Å². The zero-order valence-corrected chi connectivity index (χ0v) is 21.7. The summed E-state index contributed by atoms with van der Waals surface area (Å²) in [6, 6.07) is 20.8. The number of fused-ring (bicyclic) bond motifs is 2. The van der Waals surface area contributed by atoms with Gasteiger partial charge in [0.05, 0.1) is 37.9 Å². The second kappa shape index (κ2) is 9.99. The summed E-state index contributed by atoms with van der Waals surface area (Å²) in [4.78, 5) is 18.9. The van der Waals surface area contributed by atoms with E-state index in [1.165, 1.54) is 0 Å². The minimum Gasteiger partial charge on any atom is -0.496 e. The van der Waals surface area contributed by atoms with E-state index < -0.39 is 0 Å². The Labute approximate surface area is 219 Å². The van der Waals surface area contributed by atoms with Crippen molar-refractivity contribution in [3.05, 3.63) is 99.1 Å². The second-order valence-corrected chi connectivity index (χ2v) is 8.90. The molecule has 0 spiro atoms. The fourth-order valence-corrected chi connectivity index (χ4v) is 4.59. The average Bonchev–Trinajstić information content (AvgIpc) is 2.92. The van der Waals surface area contributed by atoms with E-state index in [2.05, 4.69) is 0 Å². The van der Waals surface area contributed by atoms with E-state index in [-0.39, 0.29) is 5.56 Å². The molecule has 5 rings (SSSR count). The molecule has 0 saturated carbocycles. The summed E-state index contributed by atoms with van der Waals surface area (Å²) in [5, 5.41) is 3.08. The van der Waals surface area contributed by atoms with E-state index in [0.29, 0.717) is 44.7 Å². The molecule has 0 aliphatic carbocycles. The van der Waals surface area contributed by atoms with Crippen molar-refractivity contribution in [3.63, 3.8) is 0 Å². The van der Waals surface area contributed by atoms with Gasteiger partial charge in [-0.3, -0.25) is 9.36 Å². The summed E-state index contributed by atoms with van der Waals surface area (Å²) >= 11 is 6.44. The van der Waals surface area contributed by atoms with Gasteiger partial charge < -0.3 is 14.2 Å². The molecule has 0 N–H and O–H groups in total. The molecule has 6 nitrogen and oxygen atoms in total. The predicted molar refractivity (Wildman–Crippen MR) is 150 cm³/mol. The van der Waals surface area contributed by atoms with Crippen LogP contribution in [-0.2, 0) is 0 Å². The number of hydrogen-bond acceptors (Lipinski definition) is 5. The van der Waals surface area contributed by atoms with Gasteiger partial charge in [-0.1, -0.05) is 41.9 Å². The fourth-order valence-electron chi connectivity index (χ4n) is 4.42. The molecule has 0 amide bonds. The molecule has 0 aliphatic heterocycles. The second-order valence-electron chi connectivity index (χ2n) is 8.49. The molecule has 0 bridgehead atoms. The monoisotopic (exact) mass is 512 g/mol. The van der Waals surface area contributed by atoms with E-state index in [4.69, 9.17) is 30.8 Å². The van der Waals surface area contributed by atoms with Crippen LogP contribution in [0.2, 0.25) is 5.02 Å². The van der Waals surface area contributed by atoms with Crippen LogP contribution in [0.1, 0.15) is 17.0 Å². The van der Waals surface area contributed by atoms with Crippen molar-refractivity contribution in [3.8, 4) is 22.9 Å². The quantitative estimate of drug-likeness (QED) is 0.237. The Kier molecular flexibility index (Phi) is 6.59. The van der Waals surface area contributed by atoms with Crippen molar-refractivity contribution in [1.29, 1.82) is 0 Å². The molecule has 0 aliphatic rings. The van der Waals surface area contributed by atoms with Gasteiger partial charge in [-0.25, -0.2) is 4.98 Å². The maximum absolute atomic E-state index is 14.0. The SMILES string of the molecule is COc1cc(OC)c(OC)cc1/C=C/c1nc2cc3ccccc3cc2c(=O)n1-c1cccc(Cl)c1C. The number of halogens is 1. The molecule has 5 aromatic rings. The van der Waals surface area contributed by atoms with Crippen LogP contribution in [0.3, 0.4) is 0 Å². The highest BCUT2D eigenvalue weighted by Gasteiger charge is 2.16. The summed E-state index contributed by atoms with van der Waals surface area (Å²) in [6.45, 7) is 1.89. The highest BCUT2D eigenvalue weighted by molar-refractivity contribution is 6.31. The first kappa shape index (κ1) is 24.4. The highest BCUT2D eigenvalue weighted by Crippen LogP contribution is 2.35. The lowest BCUT2D eigenvalue weighted by molar-refractivity contribution is 0.348. The van der Waals surface area contributed by atoms with Crippen molar-refractivity contribution in [2.45, 2.75) is 6.92 Å². The first-order chi connectivity index (χ1) is 17.9. The number of hydrogen-bond donors (Lipinski definition) is 0. The minimum absolute atomic E-state index is 0.181. The summed E-state index contributed by atoms with van der Waals surface area (Å²) in [6.07, 6.45) is 3.63. The third-order valence-corrected chi connectivity index (χ3v) is 6.80. The summed E-state index contributed by atoms with van der Waals surface area (Å²) in [5.74, 6) is 2.16. The fraction of sp³-hybridized carbons (Fsp3) is 0.133. The van der Waals surface area contributed by atoms with Gasteiger partial charge in [-0.2, -0.15) is 0 Å². The van der Waals surface area contributed by atoms with Crippen LogP contribution in [0.25, 0.3) is 39.5 Å². The predicted octanol–water partition coefficient (Wildman–Crippen LogP) is 6.70. The van der Waals surface area contributed by atoms with Gasteiger partial charge in [0.15, 0.2) is 11.5 Å². The molecule has 0 fully saturated rings. The maximum Gasteiger partial charge on any atom is 0.266 e. The van der Waals surface area contributed by atoms with E-state index in [0.717, 1.165) is 21.9 Å². The average molecular weight is 513 g/mol. The smallest absolute Gasteiger partial charge is 0.266 e. The van der Waals surface area contributed by atoms with Crippen molar-refractivity contribution < 1.29 is 14.2 Å². The Balaban J connectivity index is 1.79. The van der Waals surface area contributed by atoms with Crippen molar-refractivity contribution in [2.24, 2.45) is 0 Å². The van der Waals surface area contributed by atoms with Gasteiger partial charge in [0, 0.05) is 16.7 Å². The van der Waals surface area contributed by atoms with Crippen LogP contribution in [0.4, 0.5) is 0 Å². The Morgan fingerprint density at radius 3 is 2.19 bits per heavy atom. The standard InChI is InChI=1S/C30H25ClN2O4/c1-18-23(31)10-7-11-25(18)33-29(13-12-21-16-27(36-3)28(37-4)17-26(21)35-2)32-24-15-20-9-6-5-8-19(20)14-22(24)30(33)34/h5-17H,1-4H3/b13-12+. The summed E-state index contributed by atoms with van der Waals surface area (Å²) in [7, 11) is 4.73. The van der Waals surface area contributed by atoms with E-state index >= 15 is 0 Å². The molecule has 0 saturated heterocycles. The number of rotatable bonds is 6. The largest absolute Gasteiger partial charge is 0.496 e. The molecule has 37 heavy (non-hydrogen) atoms. The molecule has 4 aromatic carbocycles. The number of benzene rings is 4. The summed E-state index contributed by atoms with van der Waals surface area (Å²) in [5.41, 5.74) is 2.62. The normalized spacial score (nSPS) is 11.4. The first-order valence-corrected chi connectivity index (χ1v) is 12.0. The topological polar surface area (TPSA) is 62.6 Å². The van der Waals surface area contributed by atoms with Crippen LogP contribution in [0, 0.1) is 6.92 Å². The number of methoxy groups -OCH3 is 3. The number of aromatic nitrogens is 2. The molecule has 0 radical (unpaired) electrons. The Hall–Kier alpha value is -4.29. The minimum atomic E-state index is -0.181. The van der Waals surface area contributed by atoms with Crippen molar-refractivity contribution in [2.75, 3.05) is 21.3 Å². The lowest BCUT2D eigenvalue weighted by Crippen LogP contribution is -2.23. The van der Waals surface area contributed by atoms with E-state index in [1.54, 1.807) is 44.1 Å². The van der Waals surface area contributed by atoms with Gasteiger partial charge in [-0.15, -0.1) is 0 Å². The van der Waals surface area contributed by atoms with Crippen molar-refractivity contribution in [1.82, 2.24) is 9.55 Å². The molecule has 186 valence electrons. The van der Waals surface area contributed by atoms with Gasteiger partial charge in [-0.05, 0) is 65.7 Å². The Bertz CT molecular complexity index is 1740. The molecule has 1 aromatic heterocycles. The van der Waals surface area contributed by atoms with Gasteiger partial charge >= 0.3 is 0 Å². The van der Waals surface area contributed by atoms with Gasteiger partial charge in [0.1, 0.15) is 11.6 Å². The van der Waals surface area contributed by atoms with Crippen LogP contribution in [0.5, 0.6) is 17.2 Å². The lowest BCUT2D eigenvalue weighted by Gasteiger charge is -2.15. The Morgan fingerprint density at radius 1 is 0.811 bits per heavy atom. The summed E-state index contributed by atoms with van der Waals surface area (Å²) < 4.78 is 18.0. The van der Waals surface area contributed by atoms with Crippen LogP contribution >= 0.6 is 11.6 Å². The third-order valence-electron chi connectivity index (χ3n) is 6.39. The molecule has 1 heterocycles. The van der Waals surface area contributed by atoms with E-state index in [1.807, 2.05) is 67.6 Å². The molecule has 7 heteroatoms. The Morgan fingerprint density at radius 2 is 1.49 bits per heavy atom. The third kappa shape index (κ3) is 4.41. The molecule has 0 unspecified atom stereocenters. The van der Waals surface area contributed by atoms with Crippen LogP contribution in [-0.4, -0.2) is 30.9 Å². The van der Waals surface area contributed by atoms with Crippen molar-refractivity contribution >= 4 is 45.4 Å².